The van der Waals surface area contributed by atoms with Gasteiger partial charge >= 0.3 is 0 Å². The SMILES string of the molecule is CCCC1c2cc(C(C)(C)C)c(cc2C)CCOCCN(P(O)O)c2cc(C)c1cc2C(C)(C)C. The zero-order chi connectivity index (χ0) is 26.1. The van der Waals surface area contributed by atoms with Gasteiger partial charge in [0.05, 0.1) is 13.2 Å². The number of nitrogens with zero attached hydrogens (tertiary/aromatic N) is 1. The summed E-state index contributed by atoms with van der Waals surface area (Å²) in [4.78, 5) is 20.8. The first kappa shape index (κ1) is 28.1. The molecule has 0 aliphatic carbocycles. The van der Waals surface area contributed by atoms with E-state index in [-0.39, 0.29) is 10.8 Å². The molecule has 2 aromatic rings. The highest BCUT2D eigenvalue weighted by Gasteiger charge is 2.30. The number of benzene rings is 2. The highest BCUT2D eigenvalue weighted by molar-refractivity contribution is 7.47. The maximum absolute atomic E-state index is 10.4. The summed E-state index contributed by atoms with van der Waals surface area (Å²) in [6, 6.07) is 9.39. The van der Waals surface area contributed by atoms with Crippen molar-refractivity contribution >= 4 is 14.2 Å². The van der Waals surface area contributed by atoms with Gasteiger partial charge in [0.15, 0.2) is 0 Å². The van der Waals surface area contributed by atoms with Crippen molar-refractivity contribution in [3.8, 4) is 0 Å². The van der Waals surface area contributed by atoms with E-state index in [4.69, 9.17) is 4.74 Å². The Morgan fingerprint density at radius 2 is 1.46 bits per heavy atom. The number of rotatable bonds is 3. The third-order valence-corrected chi connectivity index (χ3v) is 8.12. The van der Waals surface area contributed by atoms with Gasteiger partial charge in [0.2, 0.25) is 0 Å². The molecule has 0 aromatic heterocycles. The summed E-state index contributed by atoms with van der Waals surface area (Å²) in [7, 11) is -2.28. The molecule has 2 aromatic carbocycles. The first-order valence-electron chi connectivity index (χ1n) is 13.1. The lowest BCUT2D eigenvalue weighted by atomic mass is 9.75. The summed E-state index contributed by atoms with van der Waals surface area (Å²) in [5, 5.41) is 0. The lowest BCUT2D eigenvalue weighted by Crippen LogP contribution is -2.27. The molecule has 3 aliphatic heterocycles. The minimum Gasteiger partial charge on any atom is -0.379 e. The molecule has 3 heterocycles. The van der Waals surface area contributed by atoms with Crippen LogP contribution in [0.3, 0.4) is 0 Å². The standard InChI is InChI=1S/C30H46NO3P/c1-10-11-23-24-18-26(29(4,5)6)22(16-20(24)2)12-14-34-15-13-31(35(32)33)28-17-21(3)25(23)19-27(28)30(7,8)9/h16-19,23,32-33H,10-15H2,1-9H3. The Labute approximate surface area is 214 Å². The second-order valence-electron chi connectivity index (χ2n) is 12.2. The lowest BCUT2D eigenvalue weighted by molar-refractivity contribution is 0.144. The Morgan fingerprint density at radius 3 is 2.00 bits per heavy atom. The van der Waals surface area contributed by atoms with Crippen molar-refractivity contribution in [2.45, 2.75) is 98.3 Å². The van der Waals surface area contributed by atoms with Gasteiger partial charge < -0.3 is 19.2 Å². The van der Waals surface area contributed by atoms with Gasteiger partial charge in [-0.3, -0.25) is 0 Å². The van der Waals surface area contributed by atoms with Crippen LogP contribution in [0, 0.1) is 13.8 Å². The van der Waals surface area contributed by atoms with Gasteiger partial charge in [0, 0.05) is 18.2 Å². The van der Waals surface area contributed by atoms with Crippen LogP contribution in [-0.2, 0) is 22.0 Å². The molecule has 0 amide bonds. The van der Waals surface area contributed by atoms with Gasteiger partial charge in [-0.25, -0.2) is 0 Å². The van der Waals surface area contributed by atoms with Crippen LogP contribution in [0.5, 0.6) is 0 Å². The summed E-state index contributed by atoms with van der Waals surface area (Å²) >= 11 is 0. The zero-order valence-electron chi connectivity index (χ0n) is 23.3. The predicted octanol–water partition coefficient (Wildman–Crippen LogP) is 7.42. The number of ether oxygens (including phenoxy) is 1. The number of fused-ring (bicyclic) bond motifs is 2. The molecule has 0 radical (unpaired) electrons. The van der Waals surface area contributed by atoms with Crippen LogP contribution in [-0.4, -0.2) is 29.5 Å². The van der Waals surface area contributed by atoms with Crippen molar-refractivity contribution in [3.63, 3.8) is 0 Å². The molecule has 5 rings (SSSR count). The Kier molecular flexibility index (Phi) is 8.75. The minimum absolute atomic E-state index is 0.0401. The summed E-state index contributed by atoms with van der Waals surface area (Å²) < 4.78 is 7.79. The maximum Gasteiger partial charge on any atom is 0.284 e. The highest BCUT2D eigenvalue weighted by Crippen LogP contribution is 2.45. The van der Waals surface area contributed by atoms with Crippen LogP contribution in [0.15, 0.2) is 24.3 Å². The van der Waals surface area contributed by atoms with Crippen LogP contribution in [0.2, 0.25) is 0 Å². The summed E-state index contributed by atoms with van der Waals surface area (Å²) in [5.41, 5.74) is 10.0. The normalized spacial score (nSPS) is 17.7. The first-order valence-corrected chi connectivity index (χ1v) is 14.3. The molecule has 0 fully saturated rings. The summed E-state index contributed by atoms with van der Waals surface area (Å²) in [5.74, 6) is 0.296. The summed E-state index contributed by atoms with van der Waals surface area (Å²) in [6.07, 6.45) is 3.03. The first-order chi connectivity index (χ1) is 16.3. The molecule has 0 saturated heterocycles. The van der Waals surface area contributed by atoms with E-state index in [1.807, 2.05) is 0 Å². The van der Waals surface area contributed by atoms with Crippen LogP contribution in [0.25, 0.3) is 0 Å². The number of hydrogen-bond donors (Lipinski definition) is 2. The van der Waals surface area contributed by atoms with Gasteiger partial charge in [-0.05, 0) is 82.5 Å². The fourth-order valence-corrected chi connectivity index (χ4v) is 6.09. The van der Waals surface area contributed by atoms with Crippen LogP contribution >= 0.6 is 8.53 Å². The third-order valence-electron chi connectivity index (χ3n) is 7.28. The van der Waals surface area contributed by atoms with E-state index >= 15 is 0 Å². The Morgan fingerprint density at radius 1 is 0.886 bits per heavy atom. The van der Waals surface area contributed by atoms with Crippen LogP contribution in [0.4, 0.5) is 5.69 Å². The van der Waals surface area contributed by atoms with E-state index in [2.05, 4.69) is 86.6 Å². The van der Waals surface area contributed by atoms with Crippen molar-refractivity contribution in [2.75, 3.05) is 24.4 Å². The molecular weight excluding hydrogens is 453 g/mol. The molecule has 4 nitrogen and oxygen atoms in total. The molecule has 3 aliphatic rings. The molecule has 194 valence electrons. The average molecular weight is 500 g/mol. The molecular formula is C30H46NO3P. The molecule has 2 N–H and O–H groups in total. The number of hydrogen-bond acceptors (Lipinski definition) is 4. The van der Waals surface area contributed by atoms with Crippen molar-refractivity contribution in [1.29, 1.82) is 0 Å². The Bertz CT molecular complexity index is 1030. The van der Waals surface area contributed by atoms with E-state index in [0.717, 1.165) is 30.5 Å². The second kappa shape index (κ2) is 10.9. The van der Waals surface area contributed by atoms with Crippen molar-refractivity contribution in [3.05, 3.63) is 63.2 Å². The average Bonchev–Trinajstić information content (AvgIpc) is 2.73. The van der Waals surface area contributed by atoms with E-state index in [0.29, 0.717) is 25.7 Å². The summed E-state index contributed by atoms with van der Waals surface area (Å²) in [6.45, 7) is 21.7. The molecule has 35 heavy (non-hydrogen) atoms. The molecule has 1 atom stereocenters. The van der Waals surface area contributed by atoms with Gasteiger partial charge in [-0.15, -0.1) is 0 Å². The molecule has 4 bridgehead atoms. The van der Waals surface area contributed by atoms with Gasteiger partial charge in [-0.1, -0.05) is 73.1 Å². The predicted molar refractivity (Wildman–Crippen MR) is 150 cm³/mol. The molecule has 5 heteroatoms. The number of anilines is 1. The van der Waals surface area contributed by atoms with Crippen LogP contribution < -0.4 is 4.67 Å². The number of aryl methyl sites for hydroxylation is 2. The van der Waals surface area contributed by atoms with E-state index in [1.165, 1.54) is 33.4 Å². The van der Waals surface area contributed by atoms with Crippen molar-refractivity contribution < 1.29 is 14.5 Å². The van der Waals surface area contributed by atoms with Crippen molar-refractivity contribution in [1.82, 2.24) is 0 Å². The lowest BCUT2D eigenvalue weighted by Gasteiger charge is -2.34. The molecule has 0 saturated carbocycles. The molecule has 1 unspecified atom stereocenters. The van der Waals surface area contributed by atoms with Crippen LogP contribution in [0.1, 0.15) is 106 Å². The Hall–Kier alpha value is -1.45. The van der Waals surface area contributed by atoms with Gasteiger partial charge in [0.1, 0.15) is 0 Å². The third kappa shape index (κ3) is 6.28. The zero-order valence-corrected chi connectivity index (χ0v) is 24.2. The minimum atomic E-state index is -2.28. The second-order valence-corrected chi connectivity index (χ2v) is 13.2. The maximum atomic E-state index is 10.4. The van der Waals surface area contributed by atoms with Crippen molar-refractivity contribution in [2.24, 2.45) is 0 Å². The largest absolute Gasteiger partial charge is 0.379 e. The van der Waals surface area contributed by atoms with E-state index < -0.39 is 8.53 Å². The smallest absolute Gasteiger partial charge is 0.284 e. The molecule has 0 spiro atoms. The fraction of sp³-hybridized carbons (Fsp3) is 0.600. The monoisotopic (exact) mass is 499 g/mol. The van der Waals surface area contributed by atoms with Gasteiger partial charge in [0.25, 0.3) is 8.53 Å². The Balaban J connectivity index is 2.36. The van der Waals surface area contributed by atoms with E-state index in [9.17, 15) is 9.79 Å². The highest BCUT2D eigenvalue weighted by atomic mass is 31.2. The topological polar surface area (TPSA) is 52.9 Å². The fourth-order valence-electron chi connectivity index (χ4n) is 5.47. The van der Waals surface area contributed by atoms with Gasteiger partial charge in [-0.2, -0.15) is 0 Å². The van der Waals surface area contributed by atoms with E-state index in [1.54, 1.807) is 4.67 Å². The quantitative estimate of drug-likeness (QED) is 0.432.